The van der Waals surface area contributed by atoms with E-state index < -0.39 is 0 Å². The maximum atomic E-state index is 12.3. The molecular formula is C14H16ClN3O. The zero-order valence-electron chi connectivity index (χ0n) is 11.0. The summed E-state index contributed by atoms with van der Waals surface area (Å²) in [5.41, 5.74) is 2.07. The average Bonchev–Trinajstić information content (AvgIpc) is 2.68. The van der Waals surface area contributed by atoms with Crippen molar-refractivity contribution in [2.45, 2.75) is 20.3 Å². The predicted octanol–water partition coefficient (Wildman–Crippen LogP) is 2.96. The number of aliphatic imine (C=N–C) groups is 1. The molecule has 0 aliphatic rings. The number of hydrogen-bond donors (Lipinski definition) is 1. The fourth-order valence-electron chi connectivity index (χ4n) is 1.77. The number of hydrogen-bond acceptors (Lipinski definition) is 2. The molecule has 1 heterocycles. The summed E-state index contributed by atoms with van der Waals surface area (Å²) in [7, 11) is 0. The number of aromatic amines is 1. The highest BCUT2D eigenvalue weighted by Gasteiger charge is 2.10. The molecule has 19 heavy (non-hydrogen) atoms. The zero-order chi connectivity index (χ0) is 13.8. The van der Waals surface area contributed by atoms with E-state index in [1.165, 1.54) is 4.68 Å². The number of rotatable bonds is 4. The lowest BCUT2D eigenvalue weighted by Crippen LogP contribution is -2.17. The molecule has 0 unspecified atom stereocenters. The number of H-pyrrole nitrogens is 1. The van der Waals surface area contributed by atoms with Gasteiger partial charge in [0.2, 0.25) is 0 Å². The van der Waals surface area contributed by atoms with Crippen molar-refractivity contribution in [2.24, 2.45) is 4.99 Å². The topological polar surface area (TPSA) is 50.1 Å². The molecule has 5 heteroatoms. The first-order valence-electron chi connectivity index (χ1n) is 6.21. The minimum atomic E-state index is -0.0975. The number of nitrogens with zero attached hydrogens (tertiary/aromatic N) is 2. The van der Waals surface area contributed by atoms with Crippen LogP contribution in [0.2, 0.25) is 5.02 Å². The molecule has 0 spiro atoms. The second-order valence-corrected chi connectivity index (χ2v) is 4.74. The van der Waals surface area contributed by atoms with Crippen molar-refractivity contribution in [2.75, 3.05) is 6.54 Å². The normalized spacial score (nSPS) is 11.3. The van der Waals surface area contributed by atoms with Crippen molar-refractivity contribution in [1.82, 2.24) is 9.78 Å². The number of aryl methyl sites for hydroxylation is 1. The molecule has 1 N–H and O–H groups in total. The van der Waals surface area contributed by atoms with Crippen LogP contribution < -0.4 is 5.56 Å². The summed E-state index contributed by atoms with van der Waals surface area (Å²) >= 11 is 5.84. The van der Waals surface area contributed by atoms with Gasteiger partial charge in [0.25, 0.3) is 5.56 Å². The fraction of sp³-hybridized carbons (Fsp3) is 0.286. The van der Waals surface area contributed by atoms with Crippen molar-refractivity contribution in [3.63, 3.8) is 0 Å². The third kappa shape index (κ3) is 2.96. The number of benzene rings is 1. The molecule has 0 atom stereocenters. The molecule has 0 bridgehead atoms. The highest BCUT2D eigenvalue weighted by atomic mass is 35.5. The molecule has 2 rings (SSSR count). The highest BCUT2D eigenvalue weighted by Crippen LogP contribution is 2.12. The van der Waals surface area contributed by atoms with E-state index >= 15 is 0 Å². The van der Waals surface area contributed by atoms with Gasteiger partial charge in [0, 0.05) is 23.5 Å². The lowest BCUT2D eigenvalue weighted by atomic mass is 10.3. The second kappa shape index (κ2) is 5.89. The molecule has 0 fully saturated rings. The monoisotopic (exact) mass is 277 g/mol. The Morgan fingerprint density at radius 3 is 2.68 bits per heavy atom. The number of halogens is 1. The van der Waals surface area contributed by atoms with E-state index in [9.17, 15) is 4.79 Å². The van der Waals surface area contributed by atoms with Crippen molar-refractivity contribution >= 4 is 17.8 Å². The Morgan fingerprint density at radius 1 is 1.37 bits per heavy atom. The van der Waals surface area contributed by atoms with Gasteiger partial charge in [0.1, 0.15) is 0 Å². The summed E-state index contributed by atoms with van der Waals surface area (Å²) in [4.78, 5) is 16.5. The molecule has 0 radical (unpaired) electrons. The maximum Gasteiger partial charge on any atom is 0.280 e. The van der Waals surface area contributed by atoms with E-state index in [4.69, 9.17) is 11.6 Å². The molecule has 0 aliphatic heterocycles. The Morgan fingerprint density at radius 2 is 2.05 bits per heavy atom. The molecule has 1 aromatic carbocycles. The Balaban J connectivity index is 2.41. The molecule has 0 saturated heterocycles. The van der Waals surface area contributed by atoms with Gasteiger partial charge in [0.05, 0.1) is 11.3 Å². The second-order valence-electron chi connectivity index (χ2n) is 4.30. The average molecular weight is 278 g/mol. The third-order valence-electron chi connectivity index (χ3n) is 2.77. The van der Waals surface area contributed by atoms with E-state index in [2.05, 4.69) is 10.1 Å². The van der Waals surface area contributed by atoms with Crippen LogP contribution in [-0.4, -0.2) is 22.5 Å². The van der Waals surface area contributed by atoms with Gasteiger partial charge in [-0.05, 0) is 37.6 Å². The standard InChI is InChI=1S/C14H16ClN3O/c1-3-8-16-9-13-10(2)17-18(14(13)19)12-6-4-11(15)5-7-12/h4-7,9,17H,3,8H2,1-2H3. The number of nitrogens with one attached hydrogen (secondary N) is 1. The summed E-state index contributed by atoms with van der Waals surface area (Å²) < 4.78 is 1.50. The van der Waals surface area contributed by atoms with E-state index in [1.807, 2.05) is 13.8 Å². The molecule has 100 valence electrons. The Kier molecular flexibility index (Phi) is 4.22. The molecule has 0 aliphatic carbocycles. The summed E-state index contributed by atoms with van der Waals surface area (Å²) in [6.45, 7) is 4.64. The maximum absolute atomic E-state index is 12.3. The minimum absolute atomic E-state index is 0.0975. The first kappa shape index (κ1) is 13.6. The van der Waals surface area contributed by atoms with E-state index in [1.54, 1.807) is 30.5 Å². The quantitative estimate of drug-likeness (QED) is 0.858. The Bertz CT molecular complexity index is 638. The van der Waals surface area contributed by atoms with Crippen LogP contribution in [-0.2, 0) is 0 Å². The van der Waals surface area contributed by atoms with Crippen LogP contribution in [0.25, 0.3) is 5.69 Å². The van der Waals surface area contributed by atoms with Gasteiger partial charge in [-0.1, -0.05) is 18.5 Å². The molecule has 0 saturated carbocycles. The first-order chi connectivity index (χ1) is 9.13. The van der Waals surface area contributed by atoms with Gasteiger partial charge < -0.3 is 0 Å². The Labute approximate surface area is 116 Å². The highest BCUT2D eigenvalue weighted by molar-refractivity contribution is 6.30. The van der Waals surface area contributed by atoms with Crippen molar-refractivity contribution in [3.8, 4) is 5.69 Å². The van der Waals surface area contributed by atoms with E-state index in [-0.39, 0.29) is 5.56 Å². The summed E-state index contributed by atoms with van der Waals surface area (Å²) in [5.74, 6) is 0. The smallest absolute Gasteiger partial charge is 0.280 e. The van der Waals surface area contributed by atoms with Crippen LogP contribution >= 0.6 is 11.6 Å². The minimum Gasteiger partial charge on any atom is -0.295 e. The fourth-order valence-corrected chi connectivity index (χ4v) is 1.89. The van der Waals surface area contributed by atoms with Gasteiger partial charge in [0.15, 0.2) is 0 Å². The van der Waals surface area contributed by atoms with Crippen molar-refractivity contribution in [1.29, 1.82) is 0 Å². The van der Waals surface area contributed by atoms with Crippen LogP contribution in [0.5, 0.6) is 0 Å². The van der Waals surface area contributed by atoms with E-state index in [0.29, 0.717) is 10.6 Å². The first-order valence-corrected chi connectivity index (χ1v) is 6.58. The van der Waals surface area contributed by atoms with Crippen LogP contribution in [0.4, 0.5) is 0 Å². The van der Waals surface area contributed by atoms with Crippen LogP contribution in [0.3, 0.4) is 0 Å². The summed E-state index contributed by atoms with van der Waals surface area (Å²) in [5, 5.41) is 3.69. The molecule has 0 amide bonds. The molecule has 1 aromatic heterocycles. The summed E-state index contributed by atoms with van der Waals surface area (Å²) in [6, 6.07) is 7.11. The van der Waals surface area contributed by atoms with Crippen molar-refractivity contribution < 1.29 is 0 Å². The van der Waals surface area contributed by atoms with Crippen molar-refractivity contribution in [3.05, 3.63) is 50.9 Å². The third-order valence-corrected chi connectivity index (χ3v) is 3.03. The SMILES string of the molecule is CCCN=Cc1c(C)[nH]n(-c2ccc(Cl)cc2)c1=O. The van der Waals surface area contributed by atoms with Gasteiger partial charge in [-0.25, -0.2) is 4.68 Å². The molecule has 4 nitrogen and oxygen atoms in total. The lowest BCUT2D eigenvalue weighted by molar-refractivity contribution is 0.835. The number of aromatic nitrogens is 2. The van der Waals surface area contributed by atoms with Crippen LogP contribution in [0.1, 0.15) is 24.6 Å². The summed E-state index contributed by atoms with van der Waals surface area (Å²) in [6.07, 6.45) is 2.61. The largest absolute Gasteiger partial charge is 0.295 e. The van der Waals surface area contributed by atoms with E-state index in [0.717, 1.165) is 24.3 Å². The van der Waals surface area contributed by atoms with Crippen LogP contribution in [0.15, 0.2) is 34.1 Å². The van der Waals surface area contributed by atoms with Gasteiger partial charge in [-0.2, -0.15) is 0 Å². The van der Waals surface area contributed by atoms with Gasteiger partial charge >= 0.3 is 0 Å². The Hall–Kier alpha value is -1.81. The molecule has 2 aromatic rings. The predicted molar refractivity (Wildman–Crippen MR) is 78.9 cm³/mol. The van der Waals surface area contributed by atoms with Gasteiger partial charge in [-0.15, -0.1) is 0 Å². The lowest BCUT2D eigenvalue weighted by Gasteiger charge is -2.00. The zero-order valence-corrected chi connectivity index (χ0v) is 11.7. The molecular weight excluding hydrogens is 262 g/mol. The van der Waals surface area contributed by atoms with Crippen LogP contribution in [0, 0.1) is 6.92 Å². The van der Waals surface area contributed by atoms with Gasteiger partial charge in [-0.3, -0.25) is 14.9 Å².